The molecule has 0 spiro atoms. The van der Waals surface area contributed by atoms with Crippen LogP contribution >= 0.6 is 11.6 Å². The zero-order valence-electron chi connectivity index (χ0n) is 10.9. The van der Waals surface area contributed by atoms with Crippen molar-refractivity contribution in [3.63, 3.8) is 0 Å². The first-order valence-electron chi connectivity index (χ1n) is 6.29. The van der Waals surface area contributed by atoms with Crippen molar-refractivity contribution in [3.8, 4) is 12.1 Å². The molecule has 0 fully saturated rings. The van der Waals surface area contributed by atoms with Crippen molar-refractivity contribution < 1.29 is 0 Å². The molecular weight excluding hydrogens is 244 g/mol. The first kappa shape index (κ1) is 14.6. The third-order valence-corrected chi connectivity index (χ3v) is 3.37. The largest absolute Gasteiger partial charge is 0.198 e. The van der Waals surface area contributed by atoms with E-state index in [-0.39, 0.29) is 6.42 Å². The van der Waals surface area contributed by atoms with Crippen molar-refractivity contribution in [3.05, 3.63) is 33.3 Å². The SMILES string of the molecule is CCCc1cc(CCC)c(CC#N)c(Cl)c1C#N. The summed E-state index contributed by atoms with van der Waals surface area (Å²) in [5, 5.41) is 18.6. The van der Waals surface area contributed by atoms with Gasteiger partial charge in [0.15, 0.2) is 0 Å². The Hall–Kier alpha value is -1.51. The van der Waals surface area contributed by atoms with E-state index in [2.05, 4.69) is 32.1 Å². The summed E-state index contributed by atoms with van der Waals surface area (Å²) in [6.45, 7) is 4.18. The maximum atomic E-state index is 9.22. The molecule has 0 unspecified atom stereocenters. The van der Waals surface area contributed by atoms with Crippen molar-refractivity contribution in [2.75, 3.05) is 0 Å². The number of rotatable bonds is 5. The molecule has 0 aromatic heterocycles. The molecule has 0 saturated heterocycles. The lowest BCUT2D eigenvalue weighted by Crippen LogP contribution is -2.01. The average molecular weight is 261 g/mol. The summed E-state index contributed by atoms with van der Waals surface area (Å²) in [5.74, 6) is 0. The summed E-state index contributed by atoms with van der Waals surface area (Å²) in [7, 11) is 0. The van der Waals surface area contributed by atoms with Crippen molar-refractivity contribution in [1.29, 1.82) is 10.5 Å². The molecule has 0 aliphatic heterocycles. The van der Waals surface area contributed by atoms with Gasteiger partial charge in [-0.2, -0.15) is 10.5 Å². The number of hydrogen-bond donors (Lipinski definition) is 0. The fraction of sp³-hybridized carbons (Fsp3) is 0.467. The second-order valence-corrected chi connectivity index (χ2v) is 4.69. The molecule has 2 nitrogen and oxygen atoms in total. The van der Waals surface area contributed by atoms with Crippen molar-refractivity contribution in [1.82, 2.24) is 0 Å². The molecule has 0 radical (unpaired) electrons. The van der Waals surface area contributed by atoms with Gasteiger partial charge in [-0.25, -0.2) is 0 Å². The Kier molecular flexibility index (Phi) is 5.69. The zero-order valence-corrected chi connectivity index (χ0v) is 11.6. The Bertz CT molecular complexity index is 507. The minimum atomic E-state index is 0.273. The van der Waals surface area contributed by atoms with E-state index in [0.717, 1.165) is 42.4 Å². The van der Waals surface area contributed by atoms with E-state index in [1.807, 2.05) is 0 Å². The summed E-state index contributed by atoms with van der Waals surface area (Å²) in [6, 6.07) is 6.37. The molecule has 94 valence electrons. The highest BCUT2D eigenvalue weighted by Gasteiger charge is 2.15. The Balaban J connectivity index is 3.42. The molecule has 0 heterocycles. The summed E-state index contributed by atoms with van der Waals surface area (Å²) < 4.78 is 0. The van der Waals surface area contributed by atoms with Crippen molar-refractivity contribution >= 4 is 11.6 Å². The Labute approximate surface area is 114 Å². The lowest BCUT2D eigenvalue weighted by atomic mass is 9.92. The first-order valence-corrected chi connectivity index (χ1v) is 6.67. The summed E-state index contributed by atoms with van der Waals surface area (Å²) in [6.07, 6.45) is 4.01. The molecular formula is C15H17ClN2. The quantitative estimate of drug-likeness (QED) is 0.797. The molecule has 3 heteroatoms. The van der Waals surface area contributed by atoms with Crippen LogP contribution in [-0.4, -0.2) is 0 Å². The highest BCUT2D eigenvalue weighted by atomic mass is 35.5. The molecule has 1 rings (SSSR count). The van der Waals surface area contributed by atoms with E-state index in [0.29, 0.717) is 10.6 Å². The van der Waals surface area contributed by atoms with Crippen LogP contribution in [0.2, 0.25) is 5.02 Å². The average Bonchev–Trinajstić information content (AvgIpc) is 2.35. The number of halogens is 1. The van der Waals surface area contributed by atoms with E-state index in [4.69, 9.17) is 16.9 Å². The van der Waals surface area contributed by atoms with E-state index >= 15 is 0 Å². The summed E-state index contributed by atoms with van der Waals surface area (Å²) >= 11 is 6.30. The maximum Gasteiger partial charge on any atom is 0.101 e. The fourth-order valence-electron chi connectivity index (χ4n) is 2.15. The number of aryl methyl sites for hydroxylation is 2. The first-order chi connectivity index (χ1) is 8.69. The standard InChI is InChI=1S/C15H17ClN2/c1-3-5-11-9-12(6-4-2)14(10-18)15(16)13(11)7-8-17/h9H,3-7H2,1-2H3. The van der Waals surface area contributed by atoms with E-state index in [1.165, 1.54) is 0 Å². The van der Waals surface area contributed by atoms with Gasteiger partial charge in [-0.05, 0) is 29.5 Å². The van der Waals surface area contributed by atoms with Crippen LogP contribution in [0.1, 0.15) is 48.9 Å². The van der Waals surface area contributed by atoms with Gasteiger partial charge in [0.25, 0.3) is 0 Å². The molecule has 0 saturated carbocycles. The predicted molar refractivity (Wildman–Crippen MR) is 73.5 cm³/mol. The van der Waals surface area contributed by atoms with Gasteiger partial charge < -0.3 is 0 Å². The van der Waals surface area contributed by atoms with Gasteiger partial charge in [-0.3, -0.25) is 0 Å². The van der Waals surface area contributed by atoms with E-state index < -0.39 is 0 Å². The summed E-state index contributed by atoms with van der Waals surface area (Å²) in [5.41, 5.74) is 3.50. The normalized spacial score (nSPS) is 9.83. The van der Waals surface area contributed by atoms with Crippen LogP contribution in [0.15, 0.2) is 6.07 Å². The number of hydrogen-bond acceptors (Lipinski definition) is 2. The minimum absolute atomic E-state index is 0.273. The molecule has 0 atom stereocenters. The van der Waals surface area contributed by atoms with Crippen LogP contribution in [-0.2, 0) is 19.3 Å². The van der Waals surface area contributed by atoms with Crippen LogP contribution < -0.4 is 0 Å². The van der Waals surface area contributed by atoms with Crippen molar-refractivity contribution in [2.24, 2.45) is 0 Å². The summed E-state index contributed by atoms with van der Waals surface area (Å²) in [4.78, 5) is 0. The fourth-order valence-corrected chi connectivity index (χ4v) is 2.50. The number of nitrogens with zero attached hydrogens (tertiary/aromatic N) is 2. The Morgan fingerprint density at radius 3 is 2.22 bits per heavy atom. The zero-order chi connectivity index (χ0) is 13.5. The van der Waals surface area contributed by atoms with Gasteiger partial charge in [0.2, 0.25) is 0 Å². The molecule has 0 aliphatic carbocycles. The molecule has 0 amide bonds. The molecule has 1 aromatic rings. The minimum Gasteiger partial charge on any atom is -0.198 e. The smallest absolute Gasteiger partial charge is 0.101 e. The van der Waals surface area contributed by atoms with Gasteiger partial charge in [0.1, 0.15) is 6.07 Å². The van der Waals surface area contributed by atoms with Gasteiger partial charge in [0.05, 0.1) is 23.1 Å². The topological polar surface area (TPSA) is 47.6 Å². The molecule has 0 bridgehead atoms. The van der Waals surface area contributed by atoms with Crippen molar-refractivity contribution in [2.45, 2.75) is 46.0 Å². The second kappa shape index (κ2) is 7.04. The molecule has 0 N–H and O–H groups in total. The highest BCUT2D eigenvalue weighted by molar-refractivity contribution is 6.32. The van der Waals surface area contributed by atoms with Gasteiger partial charge in [0, 0.05) is 0 Å². The monoisotopic (exact) mass is 260 g/mol. The van der Waals surface area contributed by atoms with Gasteiger partial charge in [-0.15, -0.1) is 0 Å². The van der Waals surface area contributed by atoms with Gasteiger partial charge in [-0.1, -0.05) is 44.4 Å². The van der Waals surface area contributed by atoms with E-state index in [9.17, 15) is 5.26 Å². The molecule has 18 heavy (non-hydrogen) atoms. The van der Waals surface area contributed by atoms with Crippen LogP contribution in [0.4, 0.5) is 0 Å². The highest BCUT2D eigenvalue weighted by Crippen LogP contribution is 2.29. The van der Waals surface area contributed by atoms with Crippen LogP contribution in [0.3, 0.4) is 0 Å². The molecule has 1 aromatic carbocycles. The predicted octanol–water partition coefficient (Wildman–Crippen LogP) is 4.18. The lowest BCUT2D eigenvalue weighted by Gasteiger charge is -2.14. The lowest BCUT2D eigenvalue weighted by molar-refractivity contribution is 0.882. The van der Waals surface area contributed by atoms with Crippen LogP contribution in [0, 0.1) is 22.7 Å². The maximum absolute atomic E-state index is 9.22. The Morgan fingerprint density at radius 1 is 1.11 bits per heavy atom. The molecule has 0 aliphatic rings. The number of nitriles is 2. The third kappa shape index (κ3) is 3.03. The van der Waals surface area contributed by atoms with Crippen LogP contribution in [0.5, 0.6) is 0 Å². The number of benzene rings is 1. The van der Waals surface area contributed by atoms with E-state index in [1.54, 1.807) is 0 Å². The second-order valence-electron chi connectivity index (χ2n) is 4.31. The van der Waals surface area contributed by atoms with Crippen LogP contribution in [0.25, 0.3) is 0 Å². The Morgan fingerprint density at radius 2 is 1.72 bits per heavy atom. The van der Waals surface area contributed by atoms with Gasteiger partial charge >= 0.3 is 0 Å². The third-order valence-electron chi connectivity index (χ3n) is 2.95.